The molecule has 0 aliphatic carbocycles. The SMILES string of the molecule is N#Cc1ccc(-c2nc(Cl)nc(-n3ccnc3)n2)s1. The van der Waals surface area contributed by atoms with Gasteiger partial charge in [0.1, 0.15) is 17.3 Å². The highest BCUT2D eigenvalue weighted by Gasteiger charge is 2.10. The molecule has 0 aliphatic rings. The average molecular weight is 289 g/mol. The monoisotopic (exact) mass is 288 g/mol. The summed E-state index contributed by atoms with van der Waals surface area (Å²) in [5, 5.41) is 8.92. The van der Waals surface area contributed by atoms with Crippen LogP contribution in [-0.4, -0.2) is 24.5 Å². The van der Waals surface area contributed by atoms with E-state index >= 15 is 0 Å². The topological polar surface area (TPSA) is 80.3 Å². The van der Waals surface area contributed by atoms with E-state index in [9.17, 15) is 0 Å². The number of nitrogens with zero attached hydrogens (tertiary/aromatic N) is 6. The van der Waals surface area contributed by atoms with E-state index in [-0.39, 0.29) is 5.28 Å². The fraction of sp³-hybridized carbons (Fsp3) is 0. The molecular formula is C11H5ClN6S. The molecule has 0 saturated carbocycles. The lowest BCUT2D eigenvalue weighted by Crippen LogP contribution is -2.02. The molecule has 6 nitrogen and oxygen atoms in total. The van der Waals surface area contributed by atoms with Crippen molar-refractivity contribution in [3.8, 4) is 22.7 Å². The van der Waals surface area contributed by atoms with Crippen molar-refractivity contribution in [3.63, 3.8) is 0 Å². The predicted octanol–water partition coefficient (Wildman–Crippen LogP) is 2.31. The second-order valence-electron chi connectivity index (χ2n) is 3.47. The van der Waals surface area contributed by atoms with Gasteiger partial charge in [0.15, 0.2) is 5.82 Å². The third-order valence-electron chi connectivity index (χ3n) is 2.27. The molecule has 0 spiro atoms. The zero-order valence-corrected chi connectivity index (χ0v) is 10.9. The first-order chi connectivity index (χ1) is 9.26. The Hall–Kier alpha value is -2.30. The summed E-state index contributed by atoms with van der Waals surface area (Å²) >= 11 is 7.20. The van der Waals surface area contributed by atoms with E-state index in [2.05, 4.69) is 26.0 Å². The molecule has 0 aliphatic heterocycles. The second kappa shape index (κ2) is 4.76. The molecule has 0 radical (unpaired) electrons. The van der Waals surface area contributed by atoms with Crippen molar-refractivity contribution in [3.05, 3.63) is 41.0 Å². The van der Waals surface area contributed by atoms with Crippen LogP contribution in [0.4, 0.5) is 0 Å². The largest absolute Gasteiger partial charge is 0.274 e. The Morgan fingerprint density at radius 3 is 2.84 bits per heavy atom. The van der Waals surface area contributed by atoms with Gasteiger partial charge in [-0.3, -0.25) is 4.57 Å². The predicted molar refractivity (Wildman–Crippen MR) is 70.0 cm³/mol. The van der Waals surface area contributed by atoms with Crippen LogP contribution in [-0.2, 0) is 0 Å². The summed E-state index contributed by atoms with van der Waals surface area (Å²) in [5.74, 6) is 0.828. The minimum Gasteiger partial charge on any atom is -0.274 e. The Kier molecular flexibility index (Phi) is 2.95. The lowest BCUT2D eigenvalue weighted by atomic mass is 10.4. The molecule has 0 amide bonds. The highest BCUT2D eigenvalue weighted by atomic mass is 35.5. The molecule has 0 unspecified atom stereocenters. The smallest absolute Gasteiger partial charge is 0.239 e. The third-order valence-corrected chi connectivity index (χ3v) is 3.42. The van der Waals surface area contributed by atoms with Crippen LogP contribution in [0.3, 0.4) is 0 Å². The maximum atomic E-state index is 8.83. The summed E-state index contributed by atoms with van der Waals surface area (Å²) in [5.41, 5.74) is 0. The van der Waals surface area contributed by atoms with Crippen LogP contribution in [0.25, 0.3) is 16.6 Å². The number of nitriles is 1. The van der Waals surface area contributed by atoms with E-state index < -0.39 is 0 Å². The molecule has 92 valence electrons. The normalized spacial score (nSPS) is 10.3. The van der Waals surface area contributed by atoms with Gasteiger partial charge in [0.25, 0.3) is 0 Å². The summed E-state index contributed by atoms with van der Waals surface area (Å²) in [4.78, 5) is 17.7. The van der Waals surface area contributed by atoms with Gasteiger partial charge < -0.3 is 0 Å². The molecule has 0 N–H and O–H groups in total. The number of hydrogen-bond donors (Lipinski definition) is 0. The summed E-state index contributed by atoms with van der Waals surface area (Å²) < 4.78 is 1.63. The van der Waals surface area contributed by atoms with Crippen molar-refractivity contribution in [1.82, 2.24) is 24.5 Å². The van der Waals surface area contributed by atoms with Crippen LogP contribution in [0.5, 0.6) is 0 Å². The Bertz CT molecular complexity index is 758. The van der Waals surface area contributed by atoms with Crippen molar-refractivity contribution in [1.29, 1.82) is 5.26 Å². The number of hydrogen-bond acceptors (Lipinski definition) is 6. The van der Waals surface area contributed by atoms with E-state index in [0.717, 1.165) is 4.88 Å². The molecule has 19 heavy (non-hydrogen) atoms. The van der Waals surface area contributed by atoms with Gasteiger partial charge in [-0.1, -0.05) is 0 Å². The maximum absolute atomic E-state index is 8.83. The zero-order valence-electron chi connectivity index (χ0n) is 9.36. The molecule has 3 rings (SSSR count). The van der Waals surface area contributed by atoms with Gasteiger partial charge in [-0.25, -0.2) is 4.98 Å². The summed E-state index contributed by atoms with van der Waals surface area (Å²) in [6, 6.07) is 5.57. The highest BCUT2D eigenvalue weighted by Crippen LogP contribution is 2.25. The average Bonchev–Trinajstić information content (AvgIpc) is 3.09. The summed E-state index contributed by atoms with van der Waals surface area (Å²) in [6.07, 6.45) is 4.91. The molecule has 0 saturated heterocycles. The molecule has 3 aromatic rings. The Labute approximate surface area is 117 Å². The molecule has 0 bridgehead atoms. The molecule has 0 fully saturated rings. The first kappa shape index (κ1) is 11.8. The van der Waals surface area contributed by atoms with Crippen molar-refractivity contribution >= 4 is 22.9 Å². The third kappa shape index (κ3) is 2.31. The first-order valence-electron chi connectivity index (χ1n) is 5.16. The number of imidazole rings is 1. The number of halogens is 1. The van der Waals surface area contributed by atoms with Crippen LogP contribution in [0.2, 0.25) is 5.28 Å². The van der Waals surface area contributed by atoms with Crippen molar-refractivity contribution in [2.75, 3.05) is 0 Å². The van der Waals surface area contributed by atoms with Crippen molar-refractivity contribution < 1.29 is 0 Å². The minimum absolute atomic E-state index is 0.0978. The minimum atomic E-state index is 0.0978. The van der Waals surface area contributed by atoms with Crippen LogP contribution in [0.15, 0.2) is 30.9 Å². The maximum Gasteiger partial charge on any atom is 0.239 e. The van der Waals surface area contributed by atoms with Gasteiger partial charge in [0, 0.05) is 12.4 Å². The van der Waals surface area contributed by atoms with E-state index in [1.807, 2.05) is 0 Å². The van der Waals surface area contributed by atoms with Gasteiger partial charge in [0.2, 0.25) is 11.2 Å². The molecule has 3 heterocycles. The zero-order chi connectivity index (χ0) is 13.2. The van der Waals surface area contributed by atoms with Crippen LogP contribution in [0, 0.1) is 11.3 Å². The summed E-state index contributed by atoms with van der Waals surface area (Å²) in [7, 11) is 0. The van der Waals surface area contributed by atoms with Crippen LogP contribution in [0.1, 0.15) is 4.88 Å². The number of thiophene rings is 1. The Morgan fingerprint density at radius 2 is 2.16 bits per heavy atom. The molecule has 3 aromatic heterocycles. The lowest BCUT2D eigenvalue weighted by molar-refractivity contribution is 0.900. The molecular weight excluding hydrogens is 284 g/mol. The van der Waals surface area contributed by atoms with E-state index in [1.54, 1.807) is 35.4 Å². The molecule has 0 atom stereocenters. The van der Waals surface area contributed by atoms with Crippen molar-refractivity contribution in [2.45, 2.75) is 0 Å². The fourth-order valence-corrected chi connectivity index (χ4v) is 2.35. The summed E-state index contributed by atoms with van der Waals surface area (Å²) in [6.45, 7) is 0. The fourth-order valence-electron chi connectivity index (χ4n) is 1.46. The van der Waals surface area contributed by atoms with E-state index in [0.29, 0.717) is 16.6 Å². The van der Waals surface area contributed by atoms with Gasteiger partial charge in [-0.05, 0) is 23.7 Å². The van der Waals surface area contributed by atoms with Crippen molar-refractivity contribution in [2.24, 2.45) is 0 Å². The van der Waals surface area contributed by atoms with Gasteiger partial charge in [0.05, 0.1) is 4.88 Å². The van der Waals surface area contributed by atoms with Gasteiger partial charge in [-0.15, -0.1) is 11.3 Å². The second-order valence-corrected chi connectivity index (χ2v) is 4.90. The van der Waals surface area contributed by atoms with Gasteiger partial charge >= 0.3 is 0 Å². The molecule has 0 aromatic carbocycles. The number of aromatic nitrogens is 5. The Balaban J connectivity index is 2.10. The lowest BCUT2D eigenvalue weighted by Gasteiger charge is -2.02. The number of rotatable bonds is 2. The van der Waals surface area contributed by atoms with E-state index in [1.165, 1.54) is 11.3 Å². The van der Waals surface area contributed by atoms with Gasteiger partial charge in [-0.2, -0.15) is 20.2 Å². The van der Waals surface area contributed by atoms with Crippen LogP contribution >= 0.6 is 22.9 Å². The Morgan fingerprint density at radius 1 is 1.26 bits per heavy atom. The van der Waals surface area contributed by atoms with E-state index in [4.69, 9.17) is 16.9 Å². The first-order valence-corrected chi connectivity index (χ1v) is 6.36. The quantitative estimate of drug-likeness (QED) is 0.723. The van der Waals surface area contributed by atoms with Crippen LogP contribution < -0.4 is 0 Å². The highest BCUT2D eigenvalue weighted by molar-refractivity contribution is 7.15. The standard InChI is InChI=1S/C11H5ClN6S/c12-10-15-9(8-2-1-7(5-13)19-8)16-11(17-10)18-4-3-14-6-18/h1-4,6H. The molecule has 8 heteroatoms.